The van der Waals surface area contributed by atoms with E-state index >= 15 is 0 Å². The molecular weight excluding hydrogens is 779 g/mol. The van der Waals surface area contributed by atoms with Gasteiger partial charge in [-0.05, 0) is 0 Å². The first-order valence-electron chi connectivity index (χ1n) is 19.2. The molecule has 0 spiro atoms. The van der Waals surface area contributed by atoms with E-state index < -0.39 is 28.3 Å². The summed E-state index contributed by atoms with van der Waals surface area (Å²) < 4.78 is 0.615. The van der Waals surface area contributed by atoms with Crippen LogP contribution in [0.1, 0.15) is 110 Å². The number of hydrogen-bond donors (Lipinski definition) is 0. The van der Waals surface area contributed by atoms with Crippen LogP contribution in [0.5, 0.6) is 0 Å². The van der Waals surface area contributed by atoms with Crippen molar-refractivity contribution in [1.29, 1.82) is 0 Å². The van der Waals surface area contributed by atoms with E-state index in [0.717, 1.165) is 12.8 Å². The Hall–Kier alpha value is -2.74. The zero-order valence-corrected chi connectivity index (χ0v) is 37.9. The number of benzene rings is 6. The minimum Gasteiger partial charge on any atom is -1.00 e. The Balaban J connectivity index is 0.00000240. The van der Waals surface area contributed by atoms with Crippen molar-refractivity contribution >= 4 is 33.5 Å². The molecule has 2 aliphatic carbocycles. The average Bonchev–Trinajstić information content (AvgIpc) is 3.61. The fraction of sp³-hybridized carbons (Fsp3) is 0.306. The molecule has 0 saturated carbocycles. The van der Waals surface area contributed by atoms with Gasteiger partial charge in [0.15, 0.2) is 0 Å². The van der Waals surface area contributed by atoms with Crippen LogP contribution in [-0.4, -0.2) is 5.92 Å². The molecule has 2 aliphatic rings. The van der Waals surface area contributed by atoms with Crippen LogP contribution < -0.4 is 24.8 Å². The minimum absolute atomic E-state index is 0. The molecule has 0 nitrogen and oxygen atoms in total. The molecular formula is C49H52Cl2SiZr. The van der Waals surface area contributed by atoms with Crippen LogP contribution in [0.15, 0.2) is 109 Å². The van der Waals surface area contributed by atoms with Gasteiger partial charge in [-0.3, -0.25) is 0 Å². The standard InChI is InChI=1S/C47H45.C2H7Si.2ClH.Zr/c1-8-14-30-27-41-37(40-26-29-15-9-10-16-33(29)35-17-11-12-18-36(35)40)19-13-20-39(41)44(30)45-42-28-31-25-32(46(2,3)4)21-22-34(31)38(42)23-24-43(45)47(5,6)7;1-3-2;;;/h9-13,15-28,44H,8,14H2,1-7H3;3H,1-2H3;2*1H;/q;;;;+2/p-2. The van der Waals surface area contributed by atoms with Gasteiger partial charge in [0.2, 0.25) is 0 Å². The molecule has 2 unspecified atom stereocenters. The topological polar surface area (TPSA) is 0 Å². The molecule has 4 heteroatoms. The van der Waals surface area contributed by atoms with Crippen molar-refractivity contribution in [1.82, 2.24) is 0 Å². The molecule has 8 rings (SSSR count). The third kappa shape index (κ3) is 6.90. The van der Waals surface area contributed by atoms with Crippen molar-refractivity contribution in [3.63, 3.8) is 0 Å². The molecule has 0 heterocycles. The first kappa shape index (κ1) is 39.9. The maximum atomic E-state index is 2.63. The van der Waals surface area contributed by atoms with Gasteiger partial charge in [-0.15, -0.1) is 0 Å². The second-order valence-corrected chi connectivity index (χ2v) is 32.5. The summed E-state index contributed by atoms with van der Waals surface area (Å²) in [7, 11) is 0. The van der Waals surface area contributed by atoms with Gasteiger partial charge in [-0.25, -0.2) is 0 Å². The van der Waals surface area contributed by atoms with Gasteiger partial charge in [0.1, 0.15) is 0 Å². The van der Waals surface area contributed by atoms with Gasteiger partial charge in [0.25, 0.3) is 0 Å². The molecule has 0 N–H and O–H groups in total. The molecule has 270 valence electrons. The average molecular weight is 831 g/mol. The van der Waals surface area contributed by atoms with Gasteiger partial charge in [0.05, 0.1) is 0 Å². The number of halogens is 2. The third-order valence-corrected chi connectivity index (χ3v) is 21.3. The molecule has 6 aromatic carbocycles. The molecule has 0 aliphatic heterocycles. The van der Waals surface area contributed by atoms with Gasteiger partial charge in [-0.1, -0.05) is 6.07 Å². The zero-order valence-electron chi connectivity index (χ0n) is 32.8. The Bertz CT molecular complexity index is 2370. The number of fused-ring (bicyclic) bond motifs is 7. The quantitative estimate of drug-likeness (QED) is 0.119. The van der Waals surface area contributed by atoms with Crippen molar-refractivity contribution in [2.24, 2.45) is 0 Å². The number of hydrogen-bond acceptors (Lipinski definition) is 0. The van der Waals surface area contributed by atoms with Crippen LogP contribution in [-0.2, 0) is 33.2 Å². The Morgan fingerprint density at radius 2 is 1.28 bits per heavy atom. The SMILES string of the molecule is CCCC1=Cc2c(-c3cc4ccccc4c4ccccc34)cccc2C1c1c(C(C)(C)C)ccc2c1[CH]([Zr+2][SiH](C)C)c1cc(C(C)(C)C)ccc1-2.[Cl-].[Cl-]. The smallest absolute Gasteiger partial charge is 1.00 e. The fourth-order valence-electron chi connectivity index (χ4n) is 9.14. The van der Waals surface area contributed by atoms with Gasteiger partial charge in [-0.2, -0.15) is 0 Å². The first-order valence-corrected chi connectivity index (χ1v) is 27.8. The summed E-state index contributed by atoms with van der Waals surface area (Å²) in [4.78, 5) is 0. The summed E-state index contributed by atoms with van der Waals surface area (Å²) in [6.45, 7) is 22.1. The molecule has 0 aromatic heterocycles. The summed E-state index contributed by atoms with van der Waals surface area (Å²) >= 11 is -0.707. The Morgan fingerprint density at radius 1 is 0.604 bits per heavy atom. The van der Waals surface area contributed by atoms with E-state index in [9.17, 15) is 0 Å². The fourth-order valence-corrected chi connectivity index (χ4v) is 19.0. The summed E-state index contributed by atoms with van der Waals surface area (Å²) in [5, 5.41) is 5.32. The second kappa shape index (κ2) is 15.1. The molecule has 0 radical (unpaired) electrons. The van der Waals surface area contributed by atoms with Crippen molar-refractivity contribution in [2.75, 3.05) is 0 Å². The number of allylic oxidation sites excluding steroid dienone is 1. The van der Waals surface area contributed by atoms with Crippen molar-refractivity contribution < 1.29 is 47.2 Å². The molecule has 0 saturated heterocycles. The first-order chi connectivity index (χ1) is 24.4. The van der Waals surface area contributed by atoms with Crippen molar-refractivity contribution in [3.8, 4) is 22.3 Å². The van der Waals surface area contributed by atoms with E-state index in [1.165, 1.54) is 60.5 Å². The van der Waals surface area contributed by atoms with Crippen LogP contribution in [0.3, 0.4) is 0 Å². The summed E-state index contributed by atoms with van der Waals surface area (Å²) in [6, 6.07) is 40.2. The van der Waals surface area contributed by atoms with E-state index in [-0.39, 0.29) is 41.6 Å². The zero-order chi connectivity index (χ0) is 35.8. The third-order valence-electron chi connectivity index (χ3n) is 11.4. The van der Waals surface area contributed by atoms with Crippen LogP contribution >= 0.6 is 0 Å². The van der Waals surface area contributed by atoms with Crippen LogP contribution in [0, 0.1) is 0 Å². The monoisotopic (exact) mass is 828 g/mol. The largest absolute Gasteiger partial charge is 1.00 e. The Labute approximate surface area is 342 Å². The van der Waals surface area contributed by atoms with E-state index in [2.05, 4.69) is 171 Å². The van der Waals surface area contributed by atoms with Crippen LogP contribution in [0.25, 0.3) is 49.9 Å². The Kier molecular flexibility index (Phi) is 11.4. The molecule has 0 fully saturated rings. The molecule has 0 bridgehead atoms. The maximum absolute atomic E-state index is 2.63. The summed E-state index contributed by atoms with van der Waals surface area (Å²) in [6.07, 6.45) is 4.90. The predicted molar refractivity (Wildman–Crippen MR) is 222 cm³/mol. The van der Waals surface area contributed by atoms with Crippen LogP contribution in [0.4, 0.5) is 0 Å². The molecule has 53 heavy (non-hydrogen) atoms. The molecule has 0 amide bonds. The minimum atomic E-state index is -0.746. The van der Waals surface area contributed by atoms with E-state index in [1.54, 1.807) is 27.8 Å². The summed E-state index contributed by atoms with van der Waals surface area (Å²) in [5.41, 5.74) is 18.5. The summed E-state index contributed by atoms with van der Waals surface area (Å²) in [5.74, 6) is -0.466. The normalized spacial score (nSPS) is 16.1. The molecule has 6 aromatic rings. The van der Waals surface area contributed by atoms with Crippen LogP contribution in [0.2, 0.25) is 13.1 Å². The van der Waals surface area contributed by atoms with Crippen molar-refractivity contribution in [2.45, 2.75) is 94.8 Å². The van der Waals surface area contributed by atoms with Gasteiger partial charge < -0.3 is 24.8 Å². The van der Waals surface area contributed by atoms with Gasteiger partial charge >= 0.3 is 315 Å². The molecule has 2 atom stereocenters. The van der Waals surface area contributed by atoms with E-state index in [4.69, 9.17) is 0 Å². The second-order valence-electron chi connectivity index (χ2n) is 17.4. The Morgan fingerprint density at radius 3 is 1.96 bits per heavy atom. The van der Waals surface area contributed by atoms with Gasteiger partial charge in [0, 0.05) is 0 Å². The predicted octanol–water partition coefficient (Wildman–Crippen LogP) is 7.73. The number of rotatable bonds is 6. The maximum Gasteiger partial charge on any atom is -1.00 e. The van der Waals surface area contributed by atoms with Crippen molar-refractivity contribution in [3.05, 3.63) is 148 Å². The van der Waals surface area contributed by atoms with E-state index in [0.29, 0.717) is 3.63 Å². The van der Waals surface area contributed by atoms with E-state index in [1.807, 2.05) is 0 Å².